The van der Waals surface area contributed by atoms with E-state index in [1.807, 2.05) is 0 Å². The Morgan fingerprint density at radius 2 is 2.16 bits per heavy atom. The first-order chi connectivity index (χ1) is 9.22. The van der Waals surface area contributed by atoms with Crippen LogP contribution >= 0.6 is 0 Å². The monoisotopic (exact) mass is 260 g/mol. The van der Waals surface area contributed by atoms with Crippen molar-refractivity contribution in [3.8, 4) is 5.75 Å². The second-order valence-electron chi connectivity index (χ2n) is 3.88. The van der Waals surface area contributed by atoms with Gasteiger partial charge >= 0.3 is 0 Å². The number of phenolic OH excluding ortho intramolecular Hbond substituents is 1. The van der Waals surface area contributed by atoms with Crippen LogP contribution < -0.4 is 5.32 Å². The lowest BCUT2D eigenvalue weighted by atomic mass is 10.2. The average Bonchev–Trinajstić information content (AvgIpc) is 2.87. The zero-order chi connectivity index (χ0) is 13.2. The number of fused-ring (bicyclic) bond motifs is 1. The SMILES string of the molecule is Oc1ccc(CNc2ccc3nnnn3n2)cc1F. The van der Waals surface area contributed by atoms with Crippen LogP contribution in [0.2, 0.25) is 0 Å². The van der Waals surface area contributed by atoms with Gasteiger partial charge in [-0.05, 0) is 40.3 Å². The molecule has 19 heavy (non-hydrogen) atoms. The summed E-state index contributed by atoms with van der Waals surface area (Å²) in [6.45, 7) is 0.373. The maximum absolute atomic E-state index is 13.1. The fourth-order valence-electron chi connectivity index (χ4n) is 1.60. The number of aromatic hydroxyl groups is 1. The number of hydrogen-bond donors (Lipinski definition) is 2. The summed E-state index contributed by atoms with van der Waals surface area (Å²) in [5, 5.41) is 27.1. The molecule has 0 fully saturated rings. The third-order valence-corrected chi connectivity index (χ3v) is 2.56. The smallest absolute Gasteiger partial charge is 0.200 e. The minimum absolute atomic E-state index is 0.364. The molecule has 0 aliphatic carbocycles. The molecule has 0 amide bonds. The van der Waals surface area contributed by atoms with Crippen LogP contribution in [-0.4, -0.2) is 30.4 Å². The predicted octanol–water partition coefficient (Wildman–Crippen LogP) is 0.976. The van der Waals surface area contributed by atoms with Gasteiger partial charge in [0.1, 0.15) is 5.82 Å². The standard InChI is InChI=1S/C11H9FN6O/c12-8-5-7(1-2-9(8)19)6-13-10-3-4-11-14-16-17-18(11)15-10/h1-5,19H,6H2,(H,13,15). The summed E-state index contributed by atoms with van der Waals surface area (Å²) in [7, 11) is 0. The number of phenols is 1. The third kappa shape index (κ3) is 2.28. The first-order valence-electron chi connectivity index (χ1n) is 5.49. The molecule has 0 saturated carbocycles. The Kier molecular flexibility index (Phi) is 2.67. The van der Waals surface area contributed by atoms with Crippen LogP contribution in [-0.2, 0) is 6.54 Å². The van der Waals surface area contributed by atoms with Crippen molar-refractivity contribution in [3.05, 3.63) is 41.7 Å². The van der Waals surface area contributed by atoms with E-state index in [1.54, 1.807) is 18.2 Å². The van der Waals surface area contributed by atoms with Crippen LogP contribution in [0.25, 0.3) is 5.65 Å². The zero-order valence-corrected chi connectivity index (χ0v) is 9.66. The molecule has 2 N–H and O–H groups in total. The summed E-state index contributed by atoms with van der Waals surface area (Å²) in [6, 6.07) is 7.64. The van der Waals surface area contributed by atoms with Crippen LogP contribution in [0, 0.1) is 5.82 Å². The molecular weight excluding hydrogens is 251 g/mol. The van der Waals surface area contributed by atoms with Crippen molar-refractivity contribution in [1.29, 1.82) is 0 Å². The molecule has 2 heterocycles. The fourth-order valence-corrected chi connectivity index (χ4v) is 1.60. The highest BCUT2D eigenvalue weighted by atomic mass is 19.1. The second kappa shape index (κ2) is 4.48. The number of tetrazole rings is 1. The maximum atomic E-state index is 13.1. The second-order valence-corrected chi connectivity index (χ2v) is 3.88. The highest BCUT2D eigenvalue weighted by Crippen LogP contribution is 2.16. The van der Waals surface area contributed by atoms with Gasteiger partial charge in [-0.25, -0.2) is 4.39 Å². The van der Waals surface area contributed by atoms with E-state index in [1.165, 1.54) is 16.8 Å². The van der Waals surface area contributed by atoms with Gasteiger partial charge in [0, 0.05) is 6.54 Å². The largest absolute Gasteiger partial charge is 0.505 e. The Labute approximate surface area is 106 Å². The highest BCUT2D eigenvalue weighted by Gasteiger charge is 2.03. The van der Waals surface area contributed by atoms with Gasteiger partial charge in [-0.15, -0.1) is 14.8 Å². The van der Waals surface area contributed by atoms with E-state index in [0.29, 0.717) is 23.6 Å². The van der Waals surface area contributed by atoms with Crippen LogP contribution in [0.4, 0.5) is 10.2 Å². The average molecular weight is 260 g/mol. The molecule has 3 aromatic rings. The molecule has 0 aliphatic rings. The summed E-state index contributed by atoms with van der Waals surface area (Å²) < 4.78 is 14.4. The van der Waals surface area contributed by atoms with Crippen molar-refractivity contribution in [2.45, 2.75) is 6.54 Å². The molecule has 1 aromatic carbocycles. The molecule has 8 heteroatoms. The molecule has 0 radical (unpaired) electrons. The van der Waals surface area contributed by atoms with Gasteiger partial charge in [-0.1, -0.05) is 6.07 Å². The van der Waals surface area contributed by atoms with Gasteiger partial charge in [0.05, 0.1) is 0 Å². The quantitative estimate of drug-likeness (QED) is 0.729. The molecule has 0 aliphatic heterocycles. The van der Waals surface area contributed by atoms with Gasteiger partial charge < -0.3 is 10.4 Å². The normalized spacial score (nSPS) is 10.8. The molecule has 0 spiro atoms. The van der Waals surface area contributed by atoms with Crippen LogP contribution in [0.1, 0.15) is 5.56 Å². The summed E-state index contributed by atoms with van der Waals surface area (Å²) in [5.74, 6) is -0.451. The number of anilines is 1. The number of nitrogens with one attached hydrogen (secondary N) is 1. The Morgan fingerprint density at radius 1 is 1.26 bits per heavy atom. The number of rotatable bonds is 3. The number of halogens is 1. The van der Waals surface area contributed by atoms with E-state index >= 15 is 0 Å². The predicted molar refractivity (Wildman–Crippen MR) is 64.0 cm³/mol. The summed E-state index contributed by atoms with van der Waals surface area (Å²) in [5.41, 5.74) is 1.23. The highest BCUT2D eigenvalue weighted by molar-refractivity contribution is 5.42. The number of nitrogens with zero attached hydrogens (tertiary/aromatic N) is 5. The lowest BCUT2D eigenvalue weighted by Gasteiger charge is -2.05. The van der Waals surface area contributed by atoms with Crippen molar-refractivity contribution in [2.75, 3.05) is 5.32 Å². The van der Waals surface area contributed by atoms with Crippen molar-refractivity contribution < 1.29 is 9.50 Å². The number of hydrogen-bond acceptors (Lipinski definition) is 6. The van der Waals surface area contributed by atoms with E-state index < -0.39 is 5.82 Å². The summed E-state index contributed by atoms with van der Waals surface area (Å²) in [6.07, 6.45) is 0. The fraction of sp³-hybridized carbons (Fsp3) is 0.0909. The molecule has 0 bridgehead atoms. The number of aromatic nitrogens is 5. The van der Waals surface area contributed by atoms with E-state index in [-0.39, 0.29) is 5.75 Å². The van der Waals surface area contributed by atoms with Crippen molar-refractivity contribution >= 4 is 11.5 Å². The van der Waals surface area contributed by atoms with Crippen LogP contribution in [0.15, 0.2) is 30.3 Å². The first-order valence-corrected chi connectivity index (χ1v) is 5.49. The van der Waals surface area contributed by atoms with Crippen molar-refractivity contribution in [1.82, 2.24) is 25.3 Å². The Hall–Kier alpha value is -2.77. The molecular formula is C11H9FN6O. The molecule has 3 rings (SSSR count). The Bertz CT molecular complexity index is 728. The third-order valence-electron chi connectivity index (χ3n) is 2.56. The van der Waals surface area contributed by atoms with Gasteiger partial charge in [-0.2, -0.15) is 0 Å². The Balaban J connectivity index is 1.75. The van der Waals surface area contributed by atoms with Gasteiger partial charge in [0.2, 0.25) is 0 Å². The molecule has 7 nitrogen and oxygen atoms in total. The van der Waals surface area contributed by atoms with E-state index in [4.69, 9.17) is 5.11 Å². The topological polar surface area (TPSA) is 88.2 Å². The number of benzene rings is 1. The van der Waals surface area contributed by atoms with Crippen LogP contribution in [0.3, 0.4) is 0 Å². The first kappa shape index (κ1) is 11.3. The maximum Gasteiger partial charge on any atom is 0.200 e. The van der Waals surface area contributed by atoms with E-state index in [0.717, 1.165) is 0 Å². The minimum atomic E-state index is -0.650. The van der Waals surface area contributed by atoms with E-state index in [9.17, 15) is 4.39 Å². The lowest BCUT2D eigenvalue weighted by molar-refractivity contribution is 0.432. The van der Waals surface area contributed by atoms with Gasteiger partial charge in [-0.3, -0.25) is 0 Å². The van der Waals surface area contributed by atoms with Gasteiger partial charge in [0.15, 0.2) is 17.2 Å². The van der Waals surface area contributed by atoms with E-state index in [2.05, 4.69) is 25.9 Å². The Morgan fingerprint density at radius 3 is 3.00 bits per heavy atom. The molecule has 0 saturated heterocycles. The summed E-state index contributed by atoms with van der Waals surface area (Å²) in [4.78, 5) is 0. The molecule has 0 unspecified atom stereocenters. The lowest BCUT2D eigenvalue weighted by Crippen LogP contribution is -2.05. The van der Waals surface area contributed by atoms with Crippen LogP contribution in [0.5, 0.6) is 5.75 Å². The minimum Gasteiger partial charge on any atom is -0.505 e. The zero-order valence-electron chi connectivity index (χ0n) is 9.66. The molecule has 0 atom stereocenters. The van der Waals surface area contributed by atoms with Crippen molar-refractivity contribution in [2.24, 2.45) is 0 Å². The van der Waals surface area contributed by atoms with Gasteiger partial charge in [0.25, 0.3) is 0 Å². The van der Waals surface area contributed by atoms with Crippen molar-refractivity contribution in [3.63, 3.8) is 0 Å². The summed E-state index contributed by atoms with van der Waals surface area (Å²) >= 11 is 0. The molecule has 96 valence electrons. The molecule has 2 aromatic heterocycles.